The Labute approximate surface area is 103 Å². The van der Waals surface area contributed by atoms with Crippen LogP contribution >= 0.6 is 11.6 Å². The van der Waals surface area contributed by atoms with Gasteiger partial charge < -0.3 is 0 Å². The quantitative estimate of drug-likeness (QED) is 0.726. The van der Waals surface area contributed by atoms with Gasteiger partial charge in [-0.1, -0.05) is 25.4 Å². The van der Waals surface area contributed by atoms with E-state index in [9.17, 15) is 8.78 Å². The SMILES string of the molecule is Cc1nc2cc(F)cc(F)c2c(Cl)c1C(C)C. The van der Waals surface area contributed by atoms with Gasteiger partial charge in [0.15, 0.2) is 0 Å². The Morgan fingerprint density at radius 1 is 1.24 bits per heavy atom. The average molecular weight is 256 g/mol. The number of pyridine rings is 1. The van der Waals surface area contributed by atoms with E-state index in [-0.39, 0.29) is 16.8 Å². The van der Waals surface area contributed by atoms with Crippen LogP contribution in [0.3, 0.4) is 0 Å². The van der Waals surface area contributed by atoms with Gasteiger partial charge in [-0.2, -0.15) is 0 Å². The highest BCUT2D eigenvalue weighted by Gasteiger charge is 2.17. The maximum absolute atomic E-state index is 13.7. The van der Waals surface area contributed by atoms with Crippen LogP contribution in [0.2, 0.25) is 5.02 Å². The summed E-state index contributed by atoms with van der Waals surface area (Å²) >= 11 is 6.20. The van der Waals surface area contributed by atoms with Crippen LogP contribution in [0.15, 0.2) is 12.1 Å². The molecule has 0 N–H and O–H groups in total. The summed E-state index contributed by atoms with van der Waals surface area (Å²) < 4.78 is 26.8. The summed E-state index contributed by atoms with van der Waals surface area (Å²) in [7, 11) is 0. The van der Waals surface area contributed by atoms with Crippen molar-refractivity contribution >= 4 is 22.5 Å². The van der Waals surface area contributed by atoms with Crippen molar-refractivity contribution in [1.82, 2.24) is 4.98 Å². The number of nitrogens with zero attached hydrogens (tertiary/aromatic N) is 1. The third-order valence-electron chi connectivity index (χ3n) is 2.75. The van der Waals surface area contributed by atoms with E-state index in [4.69, 9.17) is 11.6 Å². The van der Waals surface area contributed by atoms with Gasteiger partial charge in [-0.3, -0.25) is 4.98 Å². The first-order valence-electron chi connectivity index (χ1n) is 5.36. The average Bonchev–Trinajstić information content (AvgIpc) is 2.13. The molecule has 0 unspecified atom stereocenters. The van der Waals surface area contributed by atoms with Crippen LogP contribution in [-0.4, -0.2) is 4.98 Å². The van der Waals surface area contributed by atoms with Crippen LogP contribution in [0.4, 0.5) is 8.78 Å². The van der Waals surface area contributed by atoms with E-state index in [1.165, 1.54) is 6.07 Å². The van der Waals surface area contributed by atoms with Crippen LogP contribution in [-0.2, 0) is 0 Å². The fraction of sp³-hybridized carbons (Fsp3) is 0.308. The van der Waals surface area contributed by atoms with E-state index in [1.54, 1.807) is 6.92 Å². The Balaban J connectivity index is 2.92. The molecule has 1 aromatic heterocycles. The summed E-state index contributed by atoms with van der Waals surface area (Å²) in [5.41, 5.74) is 1.78. The highest BCUT2D eigenvalue weighted by atomic mass is 35.5. The second-order valence-electron chi connectivity index (χ2n) is 4.36. The van der Waals surface area contributed by atoms with Gasteiger partial charge >= 0.3 is 0 Å². The molecule has 0 atom stereocenters. The summed E-state index contributed by atoms with van der Waals surface area (Å²) in [6, 6.07) is 2.02. The zero-order valence-electron chi connectivity index (χ0n) is 9.81. The minimum Gasteiger partial charge on any atom is -0.253 e. The normalized spacial score (nSPS) is 11.5. The molecule has 0 fully saturated rings. The summed E-state index contributed by atoms with van der Waals surface area (Å²) in [4.78, 5) is 4.21. The second-order valence-corrected chi connectivity index (χ2v) is 4.74. The number of halogens is 3. The van der Waals surface area contributed by atoms with Crippen molar-refractivity contribution < 1.29 is 8.78 Å². The number of fused-ring (bicyclic) bond motifs is 1. The lowest BCUT2D eigenvalue weighted by molar-refractivity contribution is 0.591. The summed E-state index contributed by atoms with van der Waals surface area (Å²) in [6.45, 7) is 5.72. The van der Waals surface area contributed by atoms with Gasteiger partial charge in [0, 0.05) is 17.8 Å². The number of aromatic nitrogens is 1. The minimum atomic E-state index is -0.667. The lowest BCUT2D eigenvalue weighted by Crippen LogP contribution is -2.00. The zero-order valence-corrected chi connectivity index (χ0v) is 10.6. The van der Waals surface area contributed by atoms with Gasteiger partial charge in [-0.25, -0.2) is 8.78 Å². The molecule has 0 amide bonds. The van der Waals surface area contributed by atoms with E-state index >= 15 is 0 Å². The van der Waals surface area contributed by atoms with Crippen LogP contribution in [0.1, 0.15) is 31.0 Å². The van der Waals surface area contributed by atoms with Gasteiger partial charge in [0.25, 0.3) is 0 Å². The molecular formula is C13H12ClF2N. The Bertz CT molecular complexity index is 594. The molecule has 1 aromatic carbocycles. The summed E-state index contributed by atoms with van der Waals surface area (Å²) in [6.07, 6.45) is 0. The van der Waals surface area contributed by atoms with Gasteiger partial charge in [-0.05, 0) is 18.4 Å². The zero-order chi connectivity index (χ0) is 12.7. The third-order valence-corrected chi connectivity index (χ3v) is 3.14. The number of rotatable bonds is 1. The van der Waals surface area contributed by atoms with Gasteiger partial charge in [-0.15, -0.1) is 0 Å². The molecule has 0 bridgehead atoms. The van der Waals surface area contributed by atoms with Crippen molar-refractivity contribution in [3.8, 4) is 0 Å². The fourth-order valence-corrected chi connectivity index (χ4v) is 2.61. The van der Waals surface area contributed by atoms with Crippen LogP contribution in [0.5, 0.6) is 0 Å². The first-order chi connectivity index (χ1) is 7.91. The van der Waals surface area contributed by atoms with Gasteiger partial charge in [0.1, 0.15) is 11.6 Å². The van der Waals surface area contributed by atoms with E-state index in [2.05, 4.69) is 4.98 Å². The van der Waals surface area contributed by atoms with Crippen molar-refractivity contribution in [3.05, 3.63) is 40.0 Å². The van der Waals surface area contributed by atoms with Crippen LogP contribution < -0.4 is 0 Å². The van der Waals surface area contributed by atoms with Crippen molar-refractivity contribution in [2.75, 3.05) is 0 Å². The number of hydrogen-bond acceptors (Lipinski definition) is 1. The highest BCUT2D eigenvalue weighted by molar-refractivity contribution is 6.36. The first kappa shape index (κ1) is 12.2. The van der Waals surface area contributed by atoms with Crippen molar-refractivity contribution in [2.24, 2.45) is 0 Å². The molecule has 17 heavy (non-hydrogen) atoms. The standard InChI is InChI=1S/C13H12ClF2N/c1-6(2)11-7(3)17-10-5-8(15)4-9(16)12(10)13(11)14/h4-6H,1-3H3. The topological polar surface area (TPSA) is 12.9 Å². The monoisotopic (exact) mass is 255 g/mol. The third kappa shape index (κ3) is 2.00. The molecule has 0 spiro atoms. The van der Waals surface area contributed by atoms with E-state index in [0.717, 1.165) is 11.6 Å². The summed E-state index contributed by atoms with van der Waals surface area (Å²) in [5.74, 6) is -1.17. The molecule has 0 aliphatic heterocycles. The van der Waals surface area contributed by atoms with E-state index in [0.29, 0.717) is 10.7 Å². The maximum atomic E-state index is 13.7. The van der Waals surface area contributed by atoms with Crippen LogP contribution in [0.25, 0.3) is 10.9 Å². The predicted molar refractivity (Wildman–Crippen MR) is 65.5 cm³/mol. The number of benzene rings is 1. The molecule has 0 radical (unpaired) electrons. The predicted octanol–water partition coefficient (Wildman–Crippen LogP) is 4.60. The van der Waals surface area contributed by atoms with Gasteiger partial charge in [0.2, 0.25) is 0 Å². The maximum Gasteiger partial charge on any atom is 0.137 e. The number of aryl methyl sites for hydroxylation is 1. The molecule has 0 aliphatic rings. The first-order valence-corrected chi connectivity index (χ1v) is 5.74. The van der Waals surface area contributed by atoms with Crippen molar-refractivity contribution in [3.63, 3.8) is 0 Å². The van der Waals surface area contributed by atoms with Gasteiger partial charge in [0.05, 0.1) is 15.9 Å². The van der Waals surface area contributed by atoms with Crippen LogP contribution in [0, 0.1) is 18.6 Å². The number of hydrogen-bond donors (Lipinski definition) is 0. The van der Waals surface area contributed by atoms with Crippen molar-refractivity contribution in [2.45, 2.75) is 26.7 Å². The molecule has 90 valence electrons. The fourth-order valence-electron chi connectivity index (χ4n) is 2.07. The highest BCUT2D eigenvalue weighted by Crippen LogP contribution is 2.34. The molecule has 2 aromatic rings. The van der Waals surface area contributed by atoms with Crippen molar-refractivity contribution in [1.29, 1.82) is 0 Å². The Hall–Kier alpha value is -1.22. The smallest absolute Gasteiger partial charge is 0.137 e. The molecule has 2 rings (SSSR count). The Morgan fingerprint density at radius 2 is 1.88 bits per heavy atom. The largest absolute Gasteiger partial charge is 0.253 e. The van der Waals surface area contributed by atoms with E-state index < -0.39 is 11.6 Å². The molecule has 1 nitrogen and oxygen atoms in total. The summed E-state index contributed by atoms with van der Waals surface area (Å²) in [5, 5.41) is 0.530. The molecule has 1 heterocycles. The molecule has 0 aliphatic carbocycles. The molecule has 0 saturated heterocycles. The molecular weight excluding hydrogens is 244 g/mol. The minimum absolute atomic E-state index is 0.142. The molecule has 0 saturated carbocycles. The Kier molecular flexibility index (Phi) is 3.04. The van der Waals surface area contributed by atoms with E-state index in [1.807, 2.05) is 13.8 Å². The lowest BCUT2D eigenvalue weighted by atomic mass is 9.99. The molecule has 4 heteroatoms. The Morgan fingerprint density at radius 3 is 2.47 bits per heavy atom. The lowest BCUT2D eigenvalue weighted by Gasteiger charge is -2.14. The second kappa shape index (κ2) is 4.22.